The maximum Gasteiger partial charge on any atom is 0.435 e. The first-order valence-electron chi connectivity index (χ1n) is 13.6. The van der Waals surface area contributed by atoms with Gasteiger partial charge in [-0.1, -0.05) is 42.5 Å². The maximum atomic E-state index is 13.5. The van der Waals surface area contributed by atoms with E-state index in [-0.39, 0.29) is 46.4 Å². The molecule has 0 radical (unpaired) electrons. The Hall–Kier alpha value is -5.36. The Balaban J connectivity index is 1.45. The number of rotatable bonds is 9. The summed E-state index contributed by atoms with van der Waals surface area (Å²) in [5.74, 6) is -1.82. The molecule has 0 aliphatic heterocycles. The molecule has 0 unspecified atom stereocenters. The summed E-state index contributed by atoms with van der Waals surface area (Å²) in [6.45, 7) is 3.59. The molecule has 0 spiro atoms. The van der Waals surface area contributed by atoms with Crippen LogP contribution < -0.4 is 16.0 Å². The number of furan rings is 1. The number of hydrogen-bond acceptors (Lipinski definition) is 7. The van der Waals surface area contributed by atoms with Crippen LogP contribution in [0.1, 0.15) is 50.8 Å². The number of fused-ring (bicyclic) bond motifs is 1. The molecular formula is C31H29ClN6O6. The van der Waals surface area contributed by atoms with Gasteiger partial charge in [0.1, 0.15) is 17.8 Å². The monoisotopic (exact) mass is 616 g/mol. The van der Waals surface area contributed by atoms with Crippen LogP contribution in [-0.4, -0.2) is 50.6 Å². The smallest absolute Gasteiger partial charge is 0.435 e. The maximum absolute atomic E-state index is 13.5. The Morgan fingerprint density at radius 1 is 0.932 bits per heavy atom. The predicted octanol–water partition coefficient (Wildman–Crippen LogP) is 5.36. The number of carbonyl (C=O) groups excluding carboxylic acids is 4. The van der Waals surface area contributed by atoms with Gasteiger partial charge in [-0.2, -0.15) is 4.68 Å². The molecule has 0 saturated heterocycles. The van der Waals surface area contributed by atoms with E-state index in [1.165, 1.54) is 12.1 Å². The summed E-state index contributed by atoms with van der Waals surface area (Å²) in [5.41, 5.74) is 0.932. The van der Waals surface area contributed by atoms with Gasteiger partial charge in [-0.25, -0.2) is 4.79 Å². The lowest BCUT2D eigenvalue weighted by Gasteiger charge is -2.26. The summed E-state index contributed by atoms with van der Waals surface area (Å²) in [7, 11) is 1.73. The number of hydrogen-bond donors (Lipinski definition) is 3. The third-order valence-corrected chi connectivity index (χ3v) is 6.96. The molecule has 0 fully saturated rings. The number of nitrogens with zero attached hydrogens (tertiary/aromatic N) is 3. The van der Waals surface area contributed by atoms with Crippen LogP contribution in [0.3, 0.4) is 0 Å². The lowest BCUT2D eigenvalue weighted by atomic mass is 9.94. The van der Waals surface area contributed by atoms with Gasteiger partial charge in [0.2, 0.25) is 0 Å². The van der Waals surface area contributed by atoms with Gasteiger partial charge < -0.3 is 29.7 Å². The molecule has 12 nitrogen and oxygen atoms in total. The van der Waals surface area contributed by atoms with Gasteiger partial charge in [-0.3, -0.25) is 14.4 Å². The number of alkyl halides is 1. The zero-order valence-corrected chi connectivity index (χ0v) is 24.8. The number of anilines is 2. The average molecular weight is 617 g/mol. The third kappa shape index (κ3) is 6.20. The quantitative estimate of drug-likeness (QED) is 0.189. The van der Waals surface area contributed by atoms with E-state index in [1.807, 2.05) is 44.2 Å². The van der Waals surface area contributed by atoms with Gasteiger partial charge >= 0.3 is 6.09 Å². The van der Waals surface area contributed by atoms with Crippen molar-refractivity contribution in [1.29, 1.82) is 0 Å². The fourth-order valence-corrected chi connectivity index (χ4v) is 4.63. The normalized spacial score (nSPS) is 11.3. The number of halogens is 1. The Bertz CT molecular complexity index is 1860. The van der Waals surface area contributed by atoms with Crippen molar-refractivity contribution >= 4 is 58.0 Å². The molecule has 5 aromatic rings. The highest BCUT2D eigenvalue weighted by molar-refractivity contribution is 6.18. The van der Waals surface area contributed by atoms with E-state index in [2.05, 4.69) is 21.0 Å². The van der Waals surface area contributed by atoms with Gasteiger partial charge in [0.15, 0.2) is 17.2 Å². The van der Waals surface area contributed by atoms with Crippen LogP contribution in [0.25, 0.3) is 11.1 Å². The number of benzene rings is 2. The van der Waals surface area contributed by atoms with E-state index in [1.54, 1.807) is 48.1 Å². The van der Waals surface area contributed by atoms with Crippen molar-refractivity contribution in [2.75, 3.05) is 23.1 Å². The molecule has 3 heterocycles. The zero-order valence-electron chi connectivity index (χ0n) is 24.1. The molecule has 0 aliphatic carbocycles. The summed E-state index contributed by atoms with van der Waals surface area (Å²) in [6.07, 6.45) is 0.845. The van der Waals surface area contributed by atoms with Crippen molar-refractivity contribution in [2.24, 2.45) is 7.05 Å². The lowest BCUT2D eigenvalue weighted by molar-refractivity contribution is 0.0885. The molecule has 2 aromatic carbocycles. The molecule has 44 heavy (non-hydrogen) atoms. The number of aryl methyl sites for hydroxylation is 1. The highest BCUT2D eigenvalue weighted by Crippen LogP contribution is 2.29. The van der Waals surface area contributed by atoms with Crippen molar-refractivity contribution in [1.82, 2.24) is 19.7 Å². The Morgan fingerprint density at radius 3 is 2.36 bits per heavy atom. The third-order valence-electron chi connectivity index (χ3n) is 6.80. The molecule has 3 N–H and O–H groups in total. The number of ether oxygens (including phenoxy) is 1. The van der Waals surface area contributed by atoms with Crippen molar-refractivity contribution in [2.45, 2.75) is 19.4 Å². The molecule has 0 aliphatic rings. The van der Waals surface area contributed by atoms with Gasteiger partial charge in [0.25, 0.3) is 17.7 Å². The minimum Gasteiger partial charge on any atom is -0.447 e. The Morgan fingerprint density at radius 2 is 1.66 bits per heavy atom. The second-order valence-electron chi connectivity index (χ2n) is 10.3. The molecule has 3 amide bonds. The van der Waals surface area contributed by atoms with Gasteiger partial charge in [0, 0.05) is 19.3 Å². The largest absolute Gasteiger partial charge is 0.447 e. The summed E-state index contributed by atoms with van der Waals surface area (Å²) in [5, 5.41) is 12.5. The van der Waals surface area contributed by atoms with Crippen LogP contribution in [0.5, 0.6) is 0 Å². The van der Waals surface area contributed by atoms with Gasteiger partial charge in [-0.05, 0) is 43.7 Å². The fourth-order valence-electron chi connectivity index (χ4n) is 4.55. The van der Waals surface area contributed by atoms with E-state index in [4.69, 9.17) is 20.8 Å². The number of amides is 3. The van der Waals surface area contributed by atoms with Gasteiger partial charge in [0.05, 0.1) is 22.7 Å². The van der Waals surface area contributed by atoms with E-state index >= 15 is 0 Å². The zero-order chi connectivity index (χ0) is 31.4. The molecule has 0 saturated carbocycles. The first-order chi connectivity index (χ1) is 21.1. The van der Waals surface area contributed by atoms with E-state index < -0.39 is 29.4 Å². The summed E-state index contributed by atoms with van der Waals surface area (Å²) in [6, 6.07) is 20.5. The minimum atomic E-state index is -0.885. The van der Waals surface area contributed by atoms with Crippen LogP contribution in [0, 0.1) is 0 Å². The SMILES string of the molecule is Cn1cccc1C(=O)Nc1ccccc1C(=O)Nc1nn(C(=O)OCCCl)c2cc(C(=O)NC(C)(C)c3ccccc3)oc12. The highest BCUT2D eigenvalue weighted by atomic mass is 35.5. The first-order valence-corrected chi connectivity index (χ1v) is 14.1. The van der Waals surface area contributed by atoms with Crippen LogP contribution >= 0.6 is 11.6 Å². The second kappa shape index (κ2) is 12.5. The highest BCUT2D eigenvalue weighted by Gasteiger charge is 2.29. The van der Waals surface area contributed by atoms with Crippen LogP contribution in [0.15, 0.2) is 83.4 Å². The van der Waals surface area contributed by atoms with Crippen molar-refractivity contribution < 1.29 is 28.3 Å². The molecule has 5 rings (SSSR count). The van der Waals surface area contributed by atoms with E-state index in [9.17, 15) is 19.2 Å². The van der Waals surface area contributed by atoms with Crippen molar-refractivity contribution in [3.05, 3.63) is 102 Å². The predicted molar refractivity (Wildman–Crippen MR) is 164 cm³/mol. The molecule has 226 valence electrons. The summed E-state index contributed by atoms with van der Waals surface area (Å²) >= 11 is 5.68. The van der Waals surface area contributed by atoms with Crippen LogP contribution in [0.2, 0.25) is 0 Å². The lowest BCUT2D eigenvalue weighted by Crippen LogP contribution is -2.40. The Kier molecular flexibility index (Phi) is 8.54. The number of para-hydroxylation sites is 1. The Labute approximate surface area is 256 Å². The van der Waals surface area contributed by atoms with Crippen molar-refractivity contribution in [3.63, 3.8) is 0 Å². The molecular weight excluding hydrogens is 588 g/mol. The topological polar surface area (TPSA) is 149 Å². The fraction of sp³-hybridized carbons (Fsp3) is 0.194. The number of carbonyl (C=O) groups is 4. The second-order valence-corrected chi connectivity index (χ2v) is 10.7. The number of nitrogens with one attached hydrogen (secondary N) is 3. The molecule has 0 bridgehead atoms. The molecule has 13 heteroatoms. The van der Waals surface area contributed by atoms with Crippen molar-refractivity contribution in [3.8, 4) is 0 Å². The average Bonchev–Trinajstić information content (AvgIpc) is 3.72. The van der Waals surface area contributed by atoms with Crippen LogP contribution in [0.4, 0.5) is 16.3 Å². The van der Waals surface area contributed by atoms with E-state index in [0.29, 0.717) is 5.69 Å². The summed E-state index contributed by atoms with van der Waals surface area (Å²) < 4.78 is 13.5. The summed E-state index contributed by atoms with van der Waals surface area (Å²) in [4.78, 5) is 52.4. The molecule has 3 aromatic heterocycles. The minimum absolute atomic E-state index is 0.0332. The first kappa shape index (κ1) is 30.1. The standard InChI is InChI=1S/C31H29ClN6O6/c1-31(2,19-10-5-4-6-11-19)35-29(41)24-18-23-25(44-24)26(36-38(23)30(42)43-17-15-32)34-27(39)20-12-7-8-13-21(20)33-28(40)22-14-9-16-37(22)3/h4-14,16,18H,15,17H2,1-3H3,(H,33,40)(H,35,41)(H,34,36,39). The van der Waals surface area contributed by atoms with E-state index in [0.717, 1.165) is 10.2 Å². The van der Waals surface area contributed by atoms with Gasteiger partial charge in [-0.15, -0.1) is 16.7 Å². The molecule has 0 atom stereocenters. The number of aromatic nitrogens is 3. The van der Waals surface area contributed by atoms with Crippen LogP contribution in [-0.2, 0) is 17.3 Å².